The lowest BCUT2D eigenvalue weighted by atomic mass is 10.1. The SMILES string of the molecule is O=C(C=CO)CCc1ccccc1. The monoisotopic (exact) mass is 176 g/mol. The van der Waals surface area contributed by atoms with Gasteiger partial charge in [-0.1, -0.05) is 30.3 Å². The van der Waals surface area contributed by atoms with Gasteiger partial charge in [0.05, 0.1) is 6.26 Å². The van der Waals surface area contributed by atoms with Crippen LogP contribution in [0, 0.1) is 0 Å². The highest BCUT2D eigenvalue weighted by molar-refractivity contribution is 5.89. The van der Waals surface area contributed by atoms with Gasteiger partial charge in [-0.05, 0) is 12.0 Å². The normalized spacial score (nSPS) is 10.5. The minimum Gasteiger partial charge on any atom is -0.515 e. The molecular weight excluding hydrogens is 164 g/mol. The molecule has 1 rings (SSSR count). The second kappa shape index (κ2) is 5.14. The maximum Gasteiger partial charge on any atom is 0.159 e. The van der Waals surface area contributed by atoms with Crippen molar-refractivity contribution in [2.45, 2.75) is 12.8 Å². The van der Waals surface area contributed by atoms with Gasteiger partial charge in [-0.25, -0.2) is 0 Å². The number of benzene rings is 1. The summed E-state index contributed by atoms with van der Waals surface area (Å²) in [7, 11) is 0. The smallest absolute Gasteiger partial charge is 0.159 e. The molecule has 2 nitrogen and oxygen atoms in total. The van der Waals surface area contributed by atoms with Crippen LogP contribution in [0.2, 0.25) is 0 Å². The summed E-state index contributed by atoms with van der Waals surface area (Å²) in [6, 6.07) is 9.80. The molecule has 68 valence electrons. The van der Waals surface area contributed by atoms with Crippen molar-refractivity contribution < 1.29 is 9.90 Å². The van der Waals surface area contributed by atoms with Crippen LogP contribution in [-0.2, 0) is 11.2 Å². The number of carbonyl (C=O) groups excluding carboxylic acids is 1. The highest BCUT2D eigenvalue weighted by Gasteiger charge is 1.97. The Morgan fingerprint density at radius 1 is 1.31 bits per heavy atom. The number of rotatable bonds is 4. The molecule has 0 aromatic heterocycles. The van der Waals surface area contributed by atoms with Crippen molar-refractivity contribution in [3.05, 3.63) is 48.2 Å². The Bertz CT molecular complexity index is 288. The van der Waals surface area contributed by atoms with E-state index in [0.717, 1.165) is 18.2 Å². The minimum absolute atomic E-state index is 0.0497. The molecule has 1 aromatic carbocycles. The first-order valence-corrected chi connectivity index (χ1v) is 4.20. The molecule has 0 aliphatic carbocycles. The number of allylic oxidation sites excluding steroid dienone is 1. The Morgan fingerprint density at radius 2 is 2.00 bits per heavy atom. The first-order chi connectivity index (χ1) is 6.33. The van der Waals surface area contributed by atoms with Crippen LogP contribution in [0.3, 0.4) is 0 Å². The fourth-order valence-electron chi connectivity index (χ4n) is 1.08. The van der Waals surface area contributed by atoms with E-state index in [0.29, 0.717) is 6.42 Å². The van der Waals surface area contributed by atoms with Crippen LogP contribution < -0.4 is 0 Å². The molecule has 0 radical (unpaired) electrons. The number of aliphatic hydroxyl groups is 1. The topological polar surface area (TPSA) is 37.3 Å². The van der Waals surface area contributed by atoms with Gasteiger partial charge < -0.3 is 5.11 Å². The summed E-state index contributed by atoms with van der Waals surface area (Å²) in [5.41, 5.74) is 1.14. The van der Waals surface area contributed by atoms with Crippen molar-refractivity contribution in [3.8, 4) is 0 Å². The zero-order chi connectivity index (χ0) is 9.52. The largest absolute Gasteiger partial charge is 0.515 e. The molecule has 0 unspecified atom stereocenters. The zero-order valence-corrected chi connectivity index (χ0v) is 7.31. The zero-order valence-electron chi connectivity index (χ0n) is 7.31. The van der Waals surface area contributed by atoms with E-state index in [1.165, 1.54) is 6.08 Å². The minimum atomic E-state index is -0.0497. The summed E-state index contributed by atoms with van der Waals surface area (Å²) in [5.74, 6) is -0.0497. The number of carbonyl (C=O) groups is 1. The lowest BCUT2D eigenvalue weighted by molar-refractivity contribution is -0.114. The van der Waals surface area contributed by atoms with Crippen LogP contribution >= 0.6 is 0 Å². The second-order valence-electron chi connectivity index (χ2n) is 2.77. The molecular formula is C11H12O2. The molecule has 0 fully saturated rings. The molecule has 0 spiro atoms. The Balaban J connectivity index is 2.40. The summed E-state index contributed by atoms with van der Waals surface area (Å²) in [4.78, 5) is 11.0. The van der Waals surface area contributed by atoms with E-state index in [1.807, 2.05) is 30.3 Å². The highest BCUT2D eigenvalue weighted by Crippen LogP contribution is 2.02. The average Bonchev–Trinajstić information content (AvgIpc) is 2.17. The summed E-state index contributed by atoms with van der Waals surface area (Å²) in [6.45, 7) is 0. The van der Waals surface area contributed by atoms with Crippen LogP contribution in [0.5, 0.6) is 0 Å². The van der Waals surface area contributed by atoms with E-state index in [9.17, 15) is 4.79 Å². The molecule has 1 aromatic rings. The van der Waals surface area contributed by atoms with E-state index in [2.05, 4.69) is 0 Å². The van der Waals surface area contributed by atoms with Gasteiger partial charge in [0.1, 0.15) is 0 Å². The molecule has 0 saturated heterocycles. The summed E-state index contributed by atoms with van der Waals surface area (Å²) < 4.78 is 0. The van der Waals surface area contributed by atoms with Gasteiger partial charge in [-0.15, -0.1) is 0 Å². The van der Waals surface area contributed by atoms with Crippen LogP contribution in [0.4, 0.5) is 0 Å². The van der Waals surface area contributed by atoms with Gasteiger partial charge in [-0.2, -0.15) is 0 Å². The van der Waals surface area contributed by atoms with Crippen molar-refractivity contribution in [1.29, 1.82) is 0 Å². The first-order valence-electron chi connectivity index (χ1n) is 4.20. The van der Waals surface area contributed by atoms with Crippen LogP contribution in [0.15, 0.2) is 42.7 Å². The van der Waals surface area contributed by atoms with E-state index in [4.69, 9.17) is 5.11 Å². The van der Waals surface area contributed by atoms with Crippen molar-refractivity contribution in [2.24, 2.45) is 0 Å². The van der Waals surface area contributed by atoms with Gasteiger partial charge in [0.25, 0.3) is 0 Å². The lowest BCUT2D eigenvalue weighted by Gasteiger charge is -1.96. The van der Waals surface area contributed by atoms with Crippen molar-refractivity contribution in [1.82, 2.24) is 0 Å². The van der Waals surface area contributed by atoms with Crippen LogP contribution in [0.25, 0.3) is 0 Å². The van der Waals surface area contributed by atoms with Gasteiger partial charge >= 0.3 is 0 Å². The predicted molar refractivity (Wildman–Crippen MR) is 51.5 cm³/mol. The molecule has 13 heavy (non-hydrogen) atoms. The van der Waals surface area contributed by atoms with Crippen molar-refractivity contribution in [2.75, 3.05) is 0 Å². The fraction of sp³-hybridized carbons (Fsp3) is 0.182. The summed E-state index contributed by atoms with van der Waals surface area (Å²) >= 11 is 0. The third-order valence-corrected chi connectivity index (χ3v) is 1.76. The quantitative estimate of drug-likeness (QED) is 0.564. The second-order valence-corrected chi connectivity index (χ2v) is 2.77. The number of aliphatic hydroxyl groups excluding tert-OH is 1. The fourth-order valence-corrected chi connectivity index (χ4v) is 1.08. The molecule has 0 amide bonds. The molecule has 1 N–H and O–H groups in total. The number of hydrogen-bond donors (Lipinski definition) is 1. The maximum absolute atomic E-state index is 11.0. The molecule has 2 heteroatoms. The summed E-state index contributed by atoms with van der Waals surface area (Å²) in [6.07, 6.45) is 3.14. The van der Waals surface area contributed by atoms with Gasteiger partial charge in [0, 0.05) is 12.5 Å². The third kappa shape index (κ3) is 3.56. The molecule has 0 heterocycles. The van der Waals surface area contributed by atoms with Gasteiger partial charge in [0.15, 0.2) is 5.78 Å². The maximum atomic E-state index is 11.0. The van der Waals surface area contributed by atoms with E-state index < -0.39 is 0 Å². The molecule has 0 saturated carbocycles. The Kier molecular flexibility index (Phi) is 3.76. The van der Waals surface area contributed by atoms with Gasteiger partial charge in [-0.3, -0.25) is 4.79 Å². The highest BCUT2D eigenvalue weighted by atomic mass is 16.2. The van der Waals surface area contributed by atoms with Crippen molar-refractivity contribution >= 4 is 5.78 Å². The average molecular weight is 176 g/mol. The number of aryl methyl sites for hydroxylation is 1. The standard InChI is InChI=1S/C11H12O2/c12-9-8-11(13)7-6-10-4-2-1-3-5-10/h1-5,8-9,12H,6-7H2. The van der Waals surface area contributed by atoms with Crippen molar-refractivity contribution in [3.63, 3.8) is 0 Å². The number of hydrogen-bond acceptors (Lipinski definition) is 2. The van der Waals surface area contributed by atoms with Crippen LogP contribution in [-0.4, -0.2) is 10.9 Å². The van der Waals surface area contributed by atoms with E-state index >= 15 is 0 Å². The molecule has 0 aliphatic heterocycles. The van der Waals surface area contributed by atoms with Gasteiger partial charge in [0.2, 0.25) is 0 Å². The lowest BCUT2D eigenvalue weighted by Crippen LogP contribution is -1.95. The van der Waals surface area contributed by atoms with E-state index in [-0.39, 0.29) is 5.78 Å². The Morgan fingerprint density at radius 3 is 2.62 bits per heavy atom. The third-order valence-electron chi connectivity index (χ3n) is 1.76. The first kappa shape index (κ1) is 9.52. The molecule has 0 atom stereocenters. The predicted octanol–water partition coefficient (Wildman–Crippen LogP) is 2.26. The summed E-state index contributed by atoms with van der Waals surface area (Å²) in [5, 5.41) is 8.33. The number of ketones is 1. The Labute approximate surface area is 77.5 Å². The Hall–Kier alpha value is -1.57. The molecule has 0 aliphatic rings. The molecule has 0 bridgehead atoms. The van der Waals surface area contributed by atoms with E-state index in [1.54, 1.807) is 0 Å². The van der Waals surface area contributed by atoms with Crippen LogP contribution in [0.1, 0.15) is 12.0 Å².